The minimum Gasteiger partial charge on any atom is -0.340 e. The van der Waals surface area contributed by atoms with Gasteiger partial charge in [-0.2, -0.15) is 4.31 Å². The normalized spacial score (nSPS) is 15.6. The number of carbonyl (C=O) groups is 2. The summed E-state index contributed by atoms with van der Waals surface area (Å²) in [6.45, 7) is 1.33. The van der Waals surface area contributed by atoms with E-state index in [4.69, 9.17) is 0 Å². The Hall–Kier alpha value is -2.56. The highest BCUT2D eigenvalue weighted by atomic mass is 32.2. The van der Waals surface area contributed by atoms with Crippen LogP contribution in [-0.2, 0) is 26.0 Å². The Bertz CT molecular complexity index is 994. The predicted molar refractivity (Wildman–Crippen MR) is 113 cm³/mol. The number of benzene rings is 1. The van der Waals surface area contributed by atoms with Gasteiger partial charge in [-0.3, -0.25) is 14.9 Å². The number of sulfonamides is 1. The van der Waals surface area contributed by atoms with Crippen LogP contribution in [0.2, 0.25) is 0 Å². The molecule has 2 amide bonds. The molecule has 0 bridgehead atoms. The molecular formula is C19H22N4O4S2. The second-order valence-electron chi connectivity index (χ2n) is 6.60. The Kier molecular flexibility index (Phi) is 6.78. The van der Waals surface area contributed by atoms with Gasteiger partial charge in [0.25, 0.3) is 0 Å². The summed E-state index contributed by atoms with van der Waals surface area (Å²) < 4.78 is 24.5. The summed E-state index contributed by atoms with van der Waals surface area (Å²) in [7, 11) is -3.23. The van der Waals surface area contributed by atoms with Crippen LogP contribution in [0.3, 0.4) is 0 Å². The molecule has 154 valence electrons. The van der Waals surface area contributed by atoms with E-state index in [0.29, 0.717) is 37.0 Å². The number of carbonyl (C=O) groups excluding carboxylic acids is 2. The number of hydrogen-bond acceptors (Lipinski definition) is 6. The maximum atomic E-state index is 12.4. The van der Waals surface area contributed by atoms with Gasteiger partial charge in [-0.25, -0.2) is 13.4 Å². The van der Waals surface area contributed by atoms with Crippen LogP contribution in [0, 0.1) is 0 Å². The van der Waals surface area contributed by atoms with Crippen LogP contribution in [0.5, 0.6) is 0 Å². The fourth-order valence-corrected chi connectivity index (χ4v) is 4.40. The Labute approximate surface area is 173 Å². The first kappa shape index (κ1) is 21.2. The first-order valence-electron chi connectivity index (χ1n) is 9.03. The summed E-state index contributed by atoms with van der Waals surface area (Å²) in [5.41, 5.74) is 1.50. The minimum absolute atomic E-state index is 0.106. The quantitative estimate of drug-likeness (QED) is 0.694. The molecule has 0 aliphatic carbocycles. The van der Waals surface area contributed by atoms with Crippen molar-refractivity contribution in [2.45, 2.75) is 6.42 Å². The van der Waals surface area contributed by atoms with E-state index in [1.165, 1.54) is 28.0 Å². The summed E-state index contributed by atoms with van der Waals surface area (Å²) in [6.07, 6.45) is 4.43. The van der Waals surface area contributed by atoms with E-state index in [-0.39, 0.29) is 18.2 Å². The molecule has 10 heteroatoms. The van der Waals surface area contributed by atoms with E-state index in [1.807, 2.05) is 30.3 Å². The Morgan fingerprint density at radius 2 is 1.86 bits per heavy atom. The number of thiazole rings is 1. The van der Waals surface area contributed by atoms with Crippen molar-refractivity contribution in [3.63, 3.8) is 0 Å². The van der Waals surface area contributed by atoms with Gasteiger partial charge < -0.3 is 4.90 Å². The topological polar surface area (TPSA) is 99.7 Å². The summed E-state index contributed by atoms with van der Waals surface area (Å²) in [5, 5.41) is 4.86. The second kappa shape index (κ2) is 9.29. The highest BCUT2D eigenvalue weighted by Crippen LogP contribution is 2.17. The fraction of sp³-hybridized carbons (Fsp3) is 0.316. The highest BCUT2D eigenvalue weighted by molar-refractivity contribution is 7.88. The Morgan fingerprint density at radius 3 is 2.52 bits per heavy atom. The standard InChI is InChI=1S/C19H22N4O4S2/c1-29(26,27)23-11-9-22(10-12-23)18(25)13-16-14-28-19(20-16)21-17(24)8-7-15-5-3-2-4-6-15/h2-8,14H,9-13H2,1H3,(H,20,21,24). The maximum absolute atomic E-state index is 12.4. The summed E-state index contributed by atoms with van der Waals surface area (Å²) >= 11 is 1.26. The van der Waals surface area contributed by atoms with Crippen molar-refractivity contribution in [3.8, 4) is 0 Å². The van der Waals surface area contributed by atoms with Gasteiger partial charge in [0.2, 0.25) is 21.8 Å². The van der Waals surface area contributed by atoms with Crippen LogP contribution in [0.15, 0.2) is 41.8 Å². The van der Waals surface area contributed by atoms with E-state index in [9.17, 15) is 18.0 Å². The molecule has 1 aliphatic heterocycles. The zero-order valence-electron chi connectivity index (χ0n) is 15.9. The SMILES string of the molecule is CS(=O)(=O)N1CCN(C(=O)Cc2csc(NC(=O)C=Cc3ccccc3)n2)CC1. The number of aromatic nitrogens is 1. The number of nitrogens with one attached hydrogen (secondary N) is 1. The second-order valence-corrected chi connectivity index (χ2v) is 9.44. The van der Waals surface area contributed by atoms with Crippen molar-refractivity contribution < 1.29 is 18.0 Å². The minimum atomic E-state index is -3.23. The number of anilines is 1. The van der Waals surface area contributed by atoms with Crippen LogP contribution < -0.4 is 5.32 Å². The van der Waals surface area contributed by atoms with E-state index >= 15 is 0 Å². The van der Waals surface area contributed by atoms with Crippen molar-refractivity contribution in [3.05, 3.63) is 53.0 Å². The first-order valence-corrected chi connectivity index (χ1v) is 11.8. The first-order chi connectivity index (χ1) is 13.8. The molecule has 1 aromatic carbocycles. The summed E-state index contributed by atoms with van der Waals surface area (Å²) in [4.78, 5) is 30.4. The maximum Gasteiger partial charge on any atom is 0.250 e. The number of amides is 2. The third-order valence-corrected chi connectivity index (χ3v) is 6.51. The lowest BCUT2D eigenvalue weighted by atomic mass is 10.2. The molecule has 0 spiro atoms. The molecule has 0 radical (unpaired) electrons. The summed E-state index contributed by atoms with van der Waals surface area (Å²) in [6, 6.07) is 9.48. The lowest BCUT2D eigenvalue weighted by molar-refractivity contribution is -0.131. The third-order valence-electron chi connectivity index (χ3n) is 4.40. The Morgan fingerprint density at radius 1 is 1.17 bits per heavy atom. The smallest absolute Gasteiger partial charge is 0.250 e. The van der Waals surface area contributed by atoms with Gasteiger partial charge in [0.05, 0.1) is 18.4 Å². The van der Waals surface area contributed by atoms with Crippen molar-refractivity contribution in [2.24, 2.45) is 0 Å². The van der Waals surface area contributed by atoms with Crippen LogP contribution in [0.4, 0.5) is 5.13 Å². The molecule has 0 unspecified atom stereocenters. The zero-order chi connectivity index (χ0) is 20.9. The molecule has 2 aromatic rings. The highest BCUT2D eigenvalue weighted by Gasteiger charge is 2.26. The molecule has 2 heterocycles. The van der Waals surface area contributed by atoms with Gasteiger partial charge >= 0.3 is 0 Å². The lowest BCUT2D eigenvalue weighted by Crippen LogP contribution is -2.50. The molecule has 1 N–H and O–H groups in total. The van der Waals surface area contributed by atoms with Gasteiger partial charge in [0.1, 0.15) is 0 Å². The van der Waals surface area contributed by atoms with Gasteiger partial charge in [-0.15, -0.1) is 11.3 Å². The fourth-order valence-electron chi connectivity index (χ4n) is 2.86. The van der Waals surface area contributed by atoms with Crippen molar-refractivity contribution in [1.82, 2.24) is 14.2 Å². The lowest BCUT2D eigenvalue weighted by Gasteiger charge is -2.33. The molecule has 1 saturated heterocycles. The largest absolute Gasteiger partial charge is 0.340 e. The van der Waals surface area contributed by atoms with Crippen molar-refractivity contribution in [2.75, 3.05) is 37.8 Å². The van der Waals surface area contributed by atoms with Crippen LogP contribution in [-0.4, -0.2) is 66.9 Å². The monoisotopic (exact) mass is 434 g/mol. The average molecular weight is 435 g/mol. The molecule has 1 fully saturated rings. The number of rotatable bonds is 6. The van der Waals surface area contributed by atoms with Crippen LogP contribution in [0.1, 0.15) is 11.3 Å². The molecule has 1 aliphatic rings. The molecule has 3 rings (SSSR count). The molecule has 8 nitrogen and oxygen atoms in total. The molecular weight excluding hydrogens is 412 g/mol. The zero-order valence-corrected chi connectivity index (χ0v) is 17.6. The molecule has 0 saturated carbocycles. The Balaban J connectivity index is 1.49. The molecule has 1 aromatic heterocycles. The summed E-state index contributed by atoms with van der Waals surface area (Å²) in [5.74, 6) is -0.400. The van der Waals surface area contributed by atoms with E-state index in [2.05, 4.69) is 10.3 Å². The van der Waals surface area contributed by atoms with Crippen molar-refractivity contribution in [1.29, 1.82) is 0 Å². The van der Waals surface area contributed by atoms with E-state index < -0.39 is 10.0 Å². The third kappa shape index (κ3) is 6.21. The van der Waals surface area contributed by atoms with Gasteiger partial charge in [-0.05, 0) is 11.6 Å². The molecule has 0 atom stereocenters. The van der Waals surface area contributed by atoms with Crippen LogP contribution in [0.25, 0.3) is 6.08 Å². The predicted octanol–water partition coefficient (Wildman–Crippen LogP) is 1.44. The number of hydrogen-bond donors (Lipinski definition) is 1. The van der Waals surface area contributed by atoms with Crippen LogP contribution >= 0.6 is 11.3 Å². The van der Waals surface area contributed by atoms with E-state index in [0.717, 1.165) is 5.56 Å². The van der Waals surface area contributed by atoms with Gasteiger partial charge in [0, 0.05) is 37.6 Å². The van der Waals surface area contributed by atoms with E-state index in [1.54, 1.807) is 16.4 Å². The molecule has 29 heavy (non-hydrogen) atoms. The average Bonchev–Trinajstić information content (AvgIpc) is 3.13. The number of piperazine rings is 1. The number of nitrogens with zero attached hydrogens (tertiary/aromatic N) is 3. The van der Waals surface area contributed by atoms with Gasteiger partial charge in [0.15, 0.2) is 5.13 Å². The van der Waals surface area contributed by atoms with Crippen molar-refractivity contribution >= 4 is 44.4 Å². The van der Waals surface area contributed by atoms with Gasteiger partial charge in [-0.1, -0.05) is 30.3 Å².